The number of para-hydroxylation sites is 1. The second-order valence-corrected chi connectivity index (χ2v) is 6.49. The first-order chi connectivity index (χ1) is 9.81. The lowest BCUT2D eigenvalue weighted by molar-refractivity contribution is -0.137. The van der Waals surface area contributed by atoms with Crippen LogP contribution >= 0.6 is 0 Å². The molecular formula is C13H14N2O5S. The molecule has 1 rings (SSSR count). The molecule has 0 aliphatic heterocycles. The molecule has 0 radical (unpaired) electrons. The van der Waals surface area contributed by atoms with Crippen molar-refractivity contribution >= 4 is 27.4 Å². The van der Waals surface area contributed by atoms with Crippen LogP contribution in [0.4, 0.5) is 5.69 Å². The number of carbonyl (C=O) groups is 2. The maximum atomic E-state index is 11.9. The maximum absolute atomic E-state index is 11.9. The minimum atomic E-state index is -3.98. The van der Waals surface area contributed by atoms with Crippen molar-refractivity contribution in [3.05, 3.63) is 29.8 Å². The molecule has 0 aromatic heterocycles. The van der Waals surface area contributed by atoms with Crippen LogP contribution < -0.4 is 5.32 Å². The number of hydrogen-bond donors (Lipinski definition) is 1. The van der Waals surface area contributed by atoms with E-state index >= 15 is 0 Å². The standard InChI is InChI=1S/C13H14N2O5S/c1-9(21(18,19)8-12(16)20-2)13(17)15-11-6-4-3-5-10(11)7-14/h3-6,9H,8H2,1-2H3,(H,15,17). The van der Waals surface area contributed by atoms with Gasteiger partial charge in [0.1, 0.15) is 17.1 Å². The van der Waals surface area contributed by atoms with E-state index in [1.165, 1.54) is 19.1 Å². The molecule has 8 heteroatoms. The summed E-state index contributed by atoms with van der Waals surface area (Å²) in [5.74, 6) is -2.63. The highest BCUT2D eigenvalue weighted by atomic mass is 32.2. The third-order valence-electron chi connectivity index (χ3n) is 2.76. The van der Waals surface area contributed by atoms with Gasteiger partial charge in [-0.3, -0.25) is 9.59 Å². The van der Waals surface area contributed by atoms with Crippen LogP contribution in [0.5, 0.6) is 0 Å². The van der Waals surface area contributed by atoms with Gasteiger partial charge >= 0.3 is 5.97 Å². The molecule has 1 aromatic carbocycles. The zero-order valence-electron chi connectivity index (χ0n) is 11.5. The zero-order valence-corrected chi connectivity index (χ0v) is 12.3. The van der Waals surface area contributed by atoms with Crippen molar-refractivity contribution in [2.45, 2.75) is 12.2 Å². The minimum Gasteiger partial charge on any atom is -0.468 e. The molecule has 0 aliphatic rings. The summed E-state index contributed by atoms with van der Waals surface area (Å²) in [6.45, 7) is 1.17. The molecule has 0 saturated heterocycles. The molecule has 0 bridgehead atoms. The van der Waals surface area contributed by atoms with E-state index < -0.39 is 32.7 Å². The Morgan fingerprint density at radius 3 is 2.57 bits per heavy atom. The van der Waals surface area contributed by atoms with E-state index in [0.29, 0.717) is 0 Å². The number of benzene rings is 1. The summed E-state index contributed by atoms with van der Waals surface area (Å²) in [4.78, 5) is 23.0. The largest absolute Gasteiger partial charge is 0.468 e. The molecule has 112 valence electrons. The van der Waals surface area contributed by atoms with Crippen molar-refractivity contribution in [2.24, 2.45) is 0 Å². The van der Waals surface area contributed by atoms with Gasteiger partial charge in [-0.05, 0) is 19.1 Å². The molecule has 0 fully saturated rings. The summed E-state index contributed by atoms with van der Waals surface area (Å²) < 4.78 is 28.0. The lowest BCUT2D eigenvalue weighted by atomic mass is 10.2. The molecule has 21 heavy (non-hydrogen) atoms. The number of methoxy groups -OCH3 is 1. The summed E-state index contributed by atoms with van der Waals surface area (Å²) in [7, 11) is -2.92. The topological polar surface area (TPSA) is 113 Å². The first-order valence-corrected chi connectivity index (χ1v) is 7.61. The third-order valence-corrected chi connectivity index (χ3v) is 4.69. The van der Waals surface area contributed by atoms with Crippen molar-refractivity contribution < 1.29 is 22.7 Å². The fourth-order valence-electron chi connectivity index (χ4n) is 1.44. The Hall–Kier alpha value is -2.40. The van der Waals surface area contributed by atoms with Gasteiger partial charge in [-0.2, -0.15) is 5.26 Å². The minimum absolute atomic E-state index is 0.211. The Morgan fingerprint density at radius 1 is 1.38 bits per heavy atom. The van der Waals surface area contributed by atoms with Crippen LogP contribution in [0, 0.1) is 11.3 Å². The van der Waals surface area contributed by atoms with Gasteiger partial charge in [0.25, 0.3) is 0 Å². The number of sulfone groups is 1. The van der Waals surface area contributed by atoms with Crippen molar-refractivity contribution in [3.63, 3.8) is 0 Å². The predicted molar refractivity (Wildman–Crippen MR) is 75.1 cm³/mol. The van der Waals surface area contributed by atoms with Gasteiger partial charge in [0.05, 0.1) is 18.4 Å². The molecule has 1 aromatic rings. The Labute approximate surface area is 122 Å². The second kappa shape index (κ2) is 6.85. The first-order valence-electron chi connectivity index (χ1n) is 5.90. The van der Waals surface area contributed by atoms with E-state index in [9.17, 15) is 18.0 Å². The molecule has 7 nitrogen and oxygen atoms in total. The summed E-state index contributed by atoms with van der Waals surface area (Å²) in [6, 6.07) is 8.07. The van der Waals surface area contributed by atoms with Crippen molar-refractivity contribution in [1.29, 1.82) is 5.26 Å². The van der Waals surface area contributed by atoms with Crippen molar-refractivity contribution in [1.82, 2.24) is 0 Å². The number of ether oxygens (including phenoxy) is 1. The highest BCUT2D eigenvalue weighted by molar-refractivity contribution is 7.93. The van der Waals surface area contributed by atoms with E-state index in [1.54, 1.807) is 12.1 Å². The molecule has 0 spiro atoms. The highest BCUT2D eigenvalue weighted by Gasteiger charge is 2.31. The first kappa shape index (κ1) is 16.7. The van der Waals surface area contributed by atoms with Gasteiger partial charge in [0.2, 0.25) is 5.91 Å². The van der Waals surface area contributed by atoms with E-state index in [1.807, 2.05) is 6.07 Å². The van der Waals surface area contributed by atoms with Crippen LogP contribution in [0.25, 0.3) is 0 Å². The fourth-order valence-corrected chi connectivity index (χ4v) is 2.52. The number of nitriles is 1. The number of nitrogens with one attached hydrogen (secondary N) is 1. The molecule has 1 unspecified atom stereocenters. The van der Waals surface area contributed by atoms with Crippen LogP contribution in [0.2, 0.25) is 0 Å². The average Bonchev–Trinajstić information content (AvgIpc) is 2.46. The molecule has 1 N–H and O–H groups in total. The van der Waals surface area contributed by atoms with Gasteiger partial charge in [-0.25, -0.2) is 8.42 Å². The highest BCUT2D eigenvalue weighted by Crippen LogP contribution is 2.15. The van der Waals surface area contributed by atoms with E-state index in [-0.39, 0.29) is 11.3 Å². The lowest BCUT2D eigenvalue weighted by Crippen LogP contribution is -2.36. The molecule has 1 amide bonds. The number of esters is 1. The number of amides is 1. The number of carbonyl (C=O) groups excluding carboxylic acids is 2. The van der Waals surface area contributed by atoms with Crippen molar-refractivity contribution in [2.75, 3.05) is 18.2 Å². The SMILES string of the molecule is COC(=O)CS(=O)(=O)C(C)C(=O)Nc1ccccc1C#N. The predicted octanol–water partition coefficient (Wildman–Crippen LogP) is 0.473. The van der Waals surface area contributed by atoms with E-state index in [0.717, 1.165) is 7.11 Å². The average molecular weight is 310 g/mol. The van der Waals surface area contributed by atoms with E-state index in [2.05, 4.69) is 10.1 Å². The summed E-state index contributed by atoms with van der Waals surface area (Å²) in [5.41, 5.74) is 0.425. The zero-order chi connectivity index (χ0) is 16.0. The molecule has 0 heterocycles. The van der Waals surface area contributed by atoms with Gasteiger partial charge < -0.3 is 10.1 Å². The fraction of sp³-hybridized carbons (Fsp3) is 0.308. The summed E-state index contributed by atoms with van der Waals surface area (Å²) in [6.07, 6.45) is 0. The van der Waals surface area contributed by atoms with Gasteiger partial charge in [0, 0.05) is 0 Å². The van der Waals surface area contributed by atoms with Crippen LogP contribution in [0.15, 0.2) is 24.3 Å². The Balaban J connectivity index is 2.89. The quantitative estimate of drug-likeness (QED) is 0.791. The van der Waals surface area contributed by atoms with Gasteiger partial charge in [-0.1, -0.05) is 12.1 Å². The summed E-state index contributed by atoms with van der Waals surface area (Å²) >= 11 is 0. The third kappa shape index (κ3) is 4.29. The maximum Gasteiger partial charge on any atom is 0.320 e. The molecule has 0 saturated carbocycles. The lowest BCUT2D eigenvalue weighted by Gasteiger charge is -2.13. The monoisotopic (exact) mass is 310 g/mol. The van der Waals surface area contributed by atoms with Gasteiger partial charge in [0.15, 0.2) is 9.84 Å². The molecule has 0 aliphatic carbocycles. The van der Waals surface area contributed by atoms with Crippen LogP contribution in [-0.2, 0) is 24.2 Å². The number of nitrogens with zero attached hydrogens (tertiary/aromatic N) is 1. The van der Waals surface area contributed by atoms with Crippen LogP contribution in [-0.4, -0.2) is 38.4 Å². The Morgan fingerprint density at radius 2 is 2.00 bits per heavy atom. The number of hydrogen-bond acceptors (Lipinski definition) is 6. The normalized spacial score (nSPS) is 12.0. The second-order valence-electron chi connectivity index (χ2n) is 4.17. The summed E-state index contributed by atoms with van der Waals surface area (Å²) in [5, 5.41) is 9.82. The number of anilines is 1. The van der Waals surface area contributed by atoms with Crippen LogP contribution in [0.1, 0.15) is 12.5 Å². The number of rotatable bonds is 5. The smallest absolute Gasteiger partial charge is 0.320 e. The molecular weight excluding hydrogens is 296 g/mol. The van der Waals surface area contributed by atoms with Crippen LogP contribution in [0.3, 0.4) is 0 Å². The van der Waals surface area contributed by atoms with Crippen molar-refractivity contribution in [3.8, 4) is 6.07 Å². The van der Waals surface area contributed by atoms with Gasteiger partial charge in [-0.15, -0.1) is 0 Å². The van der Waals surface area contributed by atoms with E-state index in [4.69, 9.17) is 5.26 Å². The Bertz CT molecular complexity index is 691. The Kier molecular flexibility index (Phi) is 5.44. The molecule has 1 atom stereocenters.